The molecule has 2 aromatic rings. The van der Waals surface area contributed by atoms with Gasteiger partial charge in [0, 0.05) is 0 Å². The molecule has 2 heterocycles. The smallest absolute Gasteiger partial charge is 0.234 e. The third-order valence-corrected chi connectivity index (χ3v) is 2.68. The van der Waals surface area contributed by atoms with Crippen LogP contribution < -0.4 is 9.47 Å². The van der Waals surface area contributed by atoms with Crippen LogP contribution in [0.5, 0.6) is 11.5 Å². The molecule has 0 N–H and O–H groups in total. The number of hydrogen-bond donors (Lipinski definition) is 0. The Kier molecular flexibility index (Phi) is 2.91. The molecular formula is C13H12N2O4. The zero-order valence-electron chi connectivity index (χ0n) is 10.3. The molecule has 0 bridgehead atoms. The van der Waals surface area contributed by atoms with Crippen molar-refractivity contribution in [3.63, 3.8) is 0 Å². The van der Waals surface area contributed by atoms with E-state index < -0.39 is 6.10 Å². The van der Waals surface area contributed by atoms with E-state index in [1.807, 2.05) is 24.3 Å². The molecule has 6 nitrogen and oxygen atoms in total. The molecule has 0 spiro atoms. The standard InChI is InChI=1S/C13H12N2O4/c1-8(16)6-12-14-13(15-19-12)11-7-17-9-4-2-3-5-10(9)18-11/h2-5,11H,6-7H2,1H3. The first-order valence-corrected chi connectivity index (χ1v) is 5.93. The number of nitrogens with zero attached hydrogens (tertiary/aromatic N) is 2. The molecule has 98 valence electrons. The number of carbonyl (C=O) groups is 1. The Labute approximate surface area is 109 Å². The maximum absolute atomic E-state index is 11.0. The second-order valence-electron chi connectivity index (χ2n) is 4.29. The number of para-hydroxylation sites is 2. The second-order valence-corrected chi connectivity index (χ2v) is 4.29. The molecular weight excluding hydrogens is 248 g/mol. The summed E-state index contributed by atoms with van der Waals surface area (Å²) >= 11 is 0. The van der Waals surface area contributed by atoms with Gasteiger partial charge in [-0.15, -0.1) is 0 Å². The summed E-state index contributed by atoms with van der Waals surface area (Å²) in [6, 6.07) is 7.39. The van der Waals surface area contributed by atoms with Crippen LogP contribution in [0, 0.1) is 0 Å². The molecule has 1 aliphatic rings. The van der Waals surface area contributed by atoms with Crippen LogP contribution in [-0.2, 0) is 11.2 Å². The lowest BCUT2D eigenvalue weighted by molar-refractivity contribution is -0.116. The summed E-state index contributed by atoms with van der Waals surface area (Å²) in [6.45, 7) is 1.79. The van der Waals surface area contributed by atoms with E-state index in [-0.39, 0.29) is 12.2 Å². The van der Waals surface area contributed by atoms with Gasteiger partial charge in [-0.1, -0.05) is 17.3 Å². The Morgan fingerprint density at radius 2 is 2.16 bits per heavy atom. The van der Waals surface area contributed by atoms with Gasteiger partial charge in [0.1, 0.15) is 12.4 Å². The average Bonchev–Trinajstić information content (AvgIpc) is 2.86. The number of carbonyl (C=O) groups excluding carboxylic acids is 1. The van der Waals surface area contributed by atoms with Crippen molar-refractivity contribution >= 4 is 5.78 Å². The lowest BCUT2D eigenvalue weighted by Gasteiger charge is -2.24. The van der Waals surface area contributed by atoms with Crippen LogP contribution in [0.3, 0.4) is 0 Å². The molecule has 0 amide bonds. The van der Waals surface area contributed by atoms with Gasteiger partial charge in [-0.25, -0.2) is 0 Å². The first-order valence-electron chi connectivity index (χ1n) is 5.93. The normalized spacial score (nSPS) is 17.2. The number of Topliss-reactive ketones (excluding diaryl/α,β-unsaturated/α-hetero) is 1. The fraction of sp³-hybridized carbons (Fsp3) is 0.308. The van der Waals surface area contributed by atoms with Crippen LogP contribution in [0.25, 0.3) is 0 Å². The fourth-order valence-electron chi connectivity index (χ4n) is 1.83. The van der Waals surface area contributed by atoms with Crippen molar-refractivity contribution < 1.29 is 18.8 Å². The number of hydrogen-bond acceptors (Lipinski definition) is 6. The van der Waals surface area contributed by atoms with Crippen molar-refractivity contribution in [3.05, 3.63) is 36.0 Å². The van der Waals surface area contributed by atoms with E-state index in [0.29, 0.717) is 29.8 Å². The maximum atomic E-state index is 11.0. The number of ether oxygens (including phenoxy) is 2. The molecule has 0 fully saturated rings. The molecule has 6 heteroatoms. The van der Waals surface area contributed by atoms with Gasteiger partial charge < -0.3 is 14.0 Å². The lowest BCUT2D eigenvalue weighted by atomic mass is 10.2. The molecule has 19 heavy (non-hydrogen) atoms. The van der Waals surface area contributed by atoms with Gasteiger partial charge in [-0.05, 0) is 19.1 Å². The van der Waals surface area contributed by atoms with Crippen LogP contribution in [0.15, 0.2) is 28.8 Å². The fourth-order valence-corrected chi connectivity index (χ4v) is 1.83. The van der Waals surface area contributed by atoms with Crippen molar-refractivity contribution in [2.75, 3.05) is 6.61 Å². The molecule has 0 saturated carbocycles. The summed E-state index contributed by atoms with van der Waals surface area (Å²) in [5.74, 6) is 2.01. The Morgan fingerprint density at radius 1 is 1.37 bits per heavy atom. The number of ketones is 1. The van der Waals surface area contributed by atoms with Crippen LogP contribution in [-0.4, -0.2) is 22.5 Å². The first-order chi connectivity index (χ1) is 9.22. The van der Waals surface area contributed by atoms with Crippen LogP contribution >= 0.6 is 0 Å². The third-order valence-electron chi connectivity index (χ3n) is 2.68. The van der Waals surface area contributed by atoms with Gasteiger partial charge in [0.2, 0.25) is 11.7 Å². The minimum absolute atomic E-state index is 0.0265. The molecule has 0 aliphatic carbocycles. The molecule has 1 aromatic heterocycles. The maximum Gasteiger partial charge on any atom is 0.234 e. The van der Waals surface area contributed by atoms with Crippen LogP contribution in [0.1, 0.15) is 24.7 Å². The van der Waals surface area contributed by atoms with Gasteiger partial charge in [0.05, 0.1) is 6.42 Å². The summed E-state index contributed by atoms with van der Waals surface area (Å²) in [5.41, 5.74) is 0. The SMILES string of the molecule is CC(=O)Cc1nc(C2COc3ccccc3O2)no1. The molecule has 0 saturated heterocycles. The van der Waals surface area contributed by atoms with Crippen molar-refractivity contribution in [2.24, 2.45) is 0 Å². The highest BCUT2D eigenvalue weighted by Gasteiger charge is 2.26. The van der Waals surface area contributed by atoms with Crippen LogP contribution in [0.2, 0.25) is 0 Å². The summed E-state index contributed by atoms with van der Waals surface area (Å²) in [5, 5.41) is 3.82. The Balaban J connectivity index is 1.77. The lowest BCUT2D eigenvalue weighted by Crippen LogP contribution is -2.22. The monoisotopic (exact) mass is 260 g/mol. The highest BCUT2D eigenvalue weighted by Crippen LogP contribution is 2.34. The number of aromatic nitrogens is 2. The van der Waals surface area contributed by atoms with E-state index in [1.54, 1.807) is 0 Å². The first kappa shape index (κ1) is 11.7. The van der Waals surface area contributed by atoms with E-state index in [0.717, 1.165) is 0 Å². The molecule has 1 unspecified atom stereocenters. The molecule has 1 aliphatic heterocycles. The van der Waals surface area contributed by atoms with Crippen molar-refractivity contribution in [1.82, 2.24) is 10.1 Å². The van der Waals surface area contributed by atoms with Crippen molar-refractivity contribution in [3.8, 4) is 11.5 Å². The Hall–Kier alpha value is -2.37. The topological polar surface area (TPSA) is 74.5 Å². The van der Waals surface area contributed by atoms with Gasteiger partial charge in [-0.2, -0.15) is 4.98 Å². The largest absolute Gasteiger partial charge is 0.485 e. The minimum atomic E-state index is -0.417. The zero-order chi connectivity index (χ0) is 13.2. The number of fused-ring (bicyclic) bond motifs is 1. The predicted octanol–water partition coefficient (Wildman–Crippen LogP) is 1.71. The minimum Gasteiger partial charge on any atom is -0.485 e. The van der Waals surface area contributed by atoms with E-state index in [1.165, 1.54) is 6.92 Å². The highest BCUT2D eigenvalue weighted by atomic mass is 16.6. The molecule has 3 rings (SSSR count). The summed E-state index contributed by atoms with van der Waals surface area (Å²) in [4.78, 5) is 15.1. The molecule has 1 atom stereocenters. The highest BCUT2D eigenvalue weighted by molar-refractivity contribution is 5.77. The third kappa shape index (κ3) is 2.42. The summed E-state index contributed by atoms with van der Waals surface area (Å²) in [6.07, 6.45) is -0.281. The van der Waals surface area contributed by atoms with Crippen molar-refractivity contribution in [1.29, 1.82) is 0 Å². The number of rotatable bonds is 3. The Bertz CT molecular complexity index is 608. The van der Waals surface area contributed by atoms with Gasteiger partial charge in [0.15, 0.2) is 17.6 Å². The van der Waals surface area contributed by atoms with Crippen LogP contribution in [0.4, 0.5) is 0 Å². The predicted molar refractivity (Wildman–Crippen MR) is 64.0 cm³/mol. The Morgan fingerprint density at radius 3 is 2.95 bits per heavy atom. The summed E-state index contributed by atoms with van der Waals surface area (Å²) < 4.78 is 16.3. The van der Waals surface area contributed by atoms with E-state index in [2.05, 4.69) is 10.1 Å². The van der Waals surface area contributed by atoms with E-state index in [9.17, 15) is 4.79 Å². The van der Waals surface area contributed by atoms with E-state index >= 15 is 0 Å². The van der Waals surface area contributed by atoms with E-state index in [4.69, 9.17) is 14.0 Å². The average molecular weight is 260 g/mol. The zero-order valence-corrected chi connectivity index (χ0v) is 10.3. The molecule has 1 aromatic carbocycles. The van der Waals surface area contributed by atoms with Gasteiger partial charge in [0.25, 0.3) is 0 Å². The van der Waals surface area contributed by atoms with Crippen molar-refractivity contribution in [2.45, 2.75) is 19.4 Å². The quantitative estimate of drug-likeness (QED) is 0.836. The molecule has 0 radical (unpaired) electrons. The van der Waals surface area contributed by atoms with Gasteiger partial charge >= 0.3 is 0 Å². The van der Waals surface area contributed by atoms with Gasteiger partial charge in [-0.3, -0.25) is 4.79 Å². The number of benzene rings is 1. The summed E-state index contributed by atoms with van der Waals surface area (Å²) in [7, 11) is 0. The second kappa shape index (κ2) is 4.72.